The number of carbonyl (C=O) groups is 1. The lowest BCUT2D eigenvalue weighted by Gasteiger charge is -2.11. The summed E-state index contributed by atoms with van der Waals surface area (Å²) in [6.07, 6.45) is 0.742. The Bertz CT molecular complexity index is 1170. The van der Waals surface area contributed by atoms with E-state index in [0.29, 0.717) is 29.3 Å². The molecule has 3 aromatic carbocycles. The minimum atomic E-state index is -3.68. The van der Waals surface area contributed by atoms with Crippen LogP contribution >= 0.6 is 0 Å². The van der Waals surface area contributed by atoms with Crippen LogP contribution in [0.5, 0.6) is 11.5 Å². The second-order valence-electron chi connectivity index (χ2n) is 7.22. The van der Waals surface area contributed by atoms with E-state index in [-0.39, 0.29) is 17.2 Å². The number of carbonyl (C=O) groups excluding carboxylic acids is 1. The molecule has 0 fully saturated rings. The molecule has 0 saturated heterocycles. The van der Waals surface area contributed by atoms with E-state index in [9.17, 15) is 13.2 Å². The van der Waals surface area contributed by atoms with Crippen LogP contribution in [0.25, 0.3) is 0 Å². The van der Waals surface area contributed by atoms with Crippen molar-refractivity contribution < 1.29 is 22.7 Å². The Morgan fingerprint density at radius 3 is 2.16 bits per heavy atom. The van der Waals surface area contributed by atoms with E-state index in [1.807, 2.05) is 19.1 Å². The average molecular weight is 455 g/mol. The zero-order valence-electron chi connectivity index (χ0n) is 18.2. The van der Waals surface area contributed by atoms with Crippen molar-refractivity contribution in [3.63, 3.8) is 0 Å². The van der Waals surface area contributed by atoms with Crippen LogP contribution in [-0.2, 0) is 21.2 Å². The van der Waals surface area contributed by atoms with Gasteiger partial charge in [0.2, 0.25) is 5.91 Å². The molecule has 3 rings (SSSR count). The Kier molecular flexibility index (Phi) is 7.37. The Hall–Kier alpha value is -3.52. The molecule has 0 heterocycles. The molecule has 7 nitrogen and oxygen atoms in total. The summed E-state index contributed by atoms with van der Waals surface area (Å²) in [6, 6.07) is 18.6. The van der Waals surface area contributed by atoms with Crippen molar-refractivity contribution in [1.29, 1.82) is 0 Å². The molecule has 0 aromatic heterocycles. The van der Waals surface area contributed by atoms with E-state index >= 15 is 0 Å². The smallest absolute Gasteiger partial charge is 0.261 e. The maximum atomic E-state index is 12.5. The molecule has 0 unspecified atom stereocenters. The van der Waals surface area contributed by atoms with Gasteiger partial charge in [-0.3, -0.25) is 9.52 Å². The zero-order chi connectivity index (χ0) is 23.1. The number of rotatable bonds is 9. The first-order valence-corrected chi connectivity index (χ1v) is 11.5. The monoisotopic (exact) mass is 454 g/mol. The van der Waals surface area contributed by atoms with Gasteiger partial charge in [0.05, 0.1) is 19.1 Å². The van der Waals surface area contributed by atoms with Crippen molar-refractivity contribution in [2.24, 2.45) is 0 Å². The minimum Gasteiger partial charge on any atom is -0.497 e. The van der Waals surface area contributed by atoms with Gasteiger partial charge < -0.3 is 14.8 Å². The number of nitrogens with one attached hydrogen (secondary N) is 2. The van der Waals surface area contributed by atoms with Gasteiger partial charge in [0.25, 0.3) is 10.0 Å². The quantitative estimate of drug-likeness (QED) is 0.500. The summed E-state index contributed by atoms with van der Waals surface area (Å²) in [7, 11) is -0.508. The second kappa shape index (κ2) is 10.2. The summed E-state index contributed by atoms with van der Waals surface area (Å²) in [6.45, 7) is 1.89. The maximum Gasteiger partial charge on any atom is 0.261 e. The Morgan fingerprint density at radius 1 is 0.875 bits per heavy atom. The third-order valence-electron chi connectivity index (χ3n) is 4.86. The van der Waals surface area contributed by atoms with Crippen molar-refractivity contribution in [2.75, 3.05) is 24.3 Å². The van der Waals surface area contributed by atoms with Crippen LogP contribution < -0.4 is 19.5 Å². The first-order chi connectivity index (χ1) is 15.3. The summed E-state index contributed by atoms with van der Waals surface area (Å²) in [5, 5.41) is 2.82. The largest absolute Gasteiger partial charge is 0.497 e. The molecule has 8 heteroatoms. The van der Waals surface area contributed by atoms with Gasteiger partial charge in [-0.2, -0.15) is 0 Å². The molecule has 0 aliphatic heterocycles. The van der Waals surface area contributed by atoms with Crippen LogP contribution in [0, 0.1) is 6.92 Å². The SMILES string of the molecule is COc1ccc(OC)c(CCC(=O)Nc2ccc(NS(=O)(=O)c3ccc(C)cc3)cc2)c1. The Labute approximate surface area is 188 Å². The lowest BCUT2D eigenvalue weighted by molar-refractivity contribution is -0.116. The number of benzene rings is 3. The fraction of sp³-hybridized carbons (Fsp3) is 0.208. The molecule has 2 N–H and O–H groups in total. The van der Waals surface area contributed by atoms with Crippen molar-refractivity contribution in [3.8, 4) is 11.5 Å². The van der Waals surface area contributed by atoms with Gasteiger partial charge in [-0.1, -0.05) is 17.7 Å². The highest BCUT2D eigenvalue weighted by Crippen LogP contribution is 2.25. The van der Waals surface area contributed by atoms with E-state index in [4.69, 9.17) is 9.47 Å². The van der Waals surface area contributed by atoms with Gasteiger partial charge >= 0.3 is 0 Å². The third-order valence-corrected chi connectivity index (χ3v) is 6.26. The molecule has 0 aliphatic carbocycles. The second-order valence-corrected chi connectivity index (χ2v) is 8.90. The predicted molar refractivity (Wildman–Crippen MR) is 125 cm³/mol. The van der Waals surface area contributed by atoms with Gasteiger partial charge in [0.15, 0.2) is 0 Å². The van der Waals surface area contributed by atoms with E-state index in [1.54, 1.807) is 68.8 Å². The summed E-state index contributed by atoms with van der Waals surface area (Å²) in [4.78, 5) is 12.6. The number of hydrogen-bond acceptors (Lipinski definition) is 5. The van der Waals surface area contributed by atoms with E-state index in [2.05, 4.69) is 10.0 Å². The fourth-order valence-corrected chi connectivity index (χ4v) is 4.16. The minimum absolute atomic E-state index is 0.164. The highest BCUT2D eigenvalue weighted by Gasteiger charge is 2.14. The summed E-state index contributed by atoms with van der Waals surface area (Å²) in [5.74, 6) is 1.23. The lowest BCUT2D eigenvalue weighted by atomic mass is 10.1. The fourth-order valence-electron chi connectivity index (χ4n) is 3.10. The Morgan fingerprint density at radius 2 is 1.53 bits per heavy atom. The standard InChI is InChI=1S/C24H26N2O5S/c1-17-4-12-22(13-5-17)32(28,29)26-20-9-7-19(8-10-20)25-24(27)15-6-18-16-21(30-2)11-14-23(18)31-3/h4-5,7-14,16,26H,6,15H2,1-3H3,(H,25,27). The third kappa shape index (κ3) is 6.01. The zero-order valence-corrected chi connectivity index (χ0v) is 19.0. The number of hydrogen-bond donors (Lipinski definition) is 2. The Balaban J connectivity index is 1.58. The summed E-state index contributed by atoms with van der Waals surface area (Å²) < 4.78 is 38.1. The molecular weight excluding hydrogens is 428 g/mol. The van der Waals surface area contributed by atoms with Crippen LogP contribution in [0.15, 0.2) is 71.6 Å². The topological polar surface area (TPSA) is 93.7 Å². The number of anilines is 2. The van der Waals surface area contributed by atoms with Crippen molar-refractivity contribution in [2.45, 2.75) is 24.7 Å². The molecule has 1 amide bonds. The van der Waals surface area contributed by atoms with Crippen LogP contribution in [-0.4, -0.2) is 28.5 Å². The van der Waals surface area contributed by atoms with Crippen molar-refractivity contribution >= 4 is 27.3 Å². The maximum absolute atomic E-state index is 12.5. The predicted octanol–water partition coefficient (Wildman–Crippen LogP) is 4.38. The first kappa shape index (κ1) is 23.1. The van der Waals surface area contributed by atoms with Gasteiger partial charge in [-0.15, -0.1) is 0 Å². The molecular formula is C24H26N2O5S. The lowest BCUT2D eigenvalue weighted by Crippen LogP contribution is -2.14. The highest BCUT2D eigenvalue weighted by atomic mass is 32.2. The number of methoxy groups -OCH3 is 2. The summed E-state index contributed by atoms with van der Waals surface area (Å²) in [5.41, 5.74) is 2.84. The molecule has 32 heavy (non-hydrogen) atoms. The summed E-state index contributed by atoms with van der Waals surface area (Å²) >= 11 is 0. The molecule has 0 spiro atoms. The number of sulfonamides is 1. The van der Waals surface area contributed by atoms with Gasteiger partial charge in [0.1, 0.15) is 11.5 Å². The van der Waals surface area contributed by atoms with Gasteiger partial charge in [-0.25, -0.2) is 8.42 Å². The van der Waals surface area contributed by atoms with Crippen LogP contribution in [0.2, 0.25) is 0 Å². The van der Waals surface area contributed by atoms with Crippen molar-refractivity contribution in [1.82, 2.24) is 0 Å². The molecule has 168 valence electrons. The number of amides is 1. The molecule has 0 saturated carbocycles. The van der Waals surface area contributed by atoms with Gasteiger partial charge in [0, 0.05) is 17.8 Å². The van der Waals surface area contributed by atoms with E-state index in [1.165, 1.54) is 0 Å². The van der Waals surface area contributed by atoms with Crippen LogP contribution in [0.4, 0.5) is 11.4 Å². The molecule has 0 atom stereocenters. The van der Waals surface area contributed by atoms with Crippen LogP contribution in [0.1, 0.15) is 17.5 Å². The highest BCUT2D eigenvalue weighted by molar-refractivity contribution is 7.92. The van der Waals surface area contributed by atoms with Crippen LogP contribution in [0.3, 0.4) is 0 Å². The molecule has 0 radical (unpaired) electrons. The molecule has 0 aliphatic rings. The van der Waals surface area contributed by atoms with E-state index < -0.39 is 10.0 Å². The van der Waals surface area contributed by atoms with Crippen molar-refractivity contribution in [3.05, 3.63) is 77.9 Å². The first-order valence-electron chi connectivity index (χ1n) is 10.0. The number of ether oxygens (including phenoxy) is 2. The van der Waals surface area contributed by atoms with E-state index in [0.717, 1.165) is 11.1 Å². The average Bonchev–Trinajstić information content (AvgIpc) is 2.79. The van der Waals surface area contributed by atoms with Gasteiger partial charge in [-0.05, 0) is 73.5 Å². The number of aryl methyl sites for hydroxylation is 2. The normalized spacial score (nSPS) is 11.0. The molecule has 3 aromatic rings. The molecule has 0 bridgehead atoms.